The van der Waals surface area contributed by atoms with Crippen LogP contribution in [0.15, 0.2) is 54.0 Å². The van der Waals surface area contributed by atoms with Gasteiger partial charge in [-0.25, -0.2) is 15.0 Å². The Balaban J connectivity index is 1.72. The molecule has 0 unspecified atom stereocenters. The molecule has 3 aromatic heterocycles. The van der Waals surface area contributed by atoms with Crippen molar-refractivity contribution in [2.45, 2.75) is 13.5 Å². The van der Waals surface area contributed by atoms with E-state index in [1.165, 1.54) is 0 Å². The number of hydrogen-bond acceptors (Lipinski definition) is 7. The van der Waals surface area contributed by atoms with Crippen LogP contribution in [0.1, 0.15) is 10.8 Å². The predicted molar refractivity (Wildman–Crippen MR) is 115 cm³/mol. The molecule has 0 spiro atoms. The number of para-hydroxylation sites is 3. The lowest BCUT2D eigenvalue weighted by Crippen LogP contribution is -2.09. The van der Waals surface area contributed by atoms with Crippen LogP contribution in [0.25, 0.3) is 27.9 Å². The monoisotopic (exact) mass is 402 g/mol. The molecule has 0 saturated heterocycles. The van der Waals surface area contributed by atoms with E-state index in [1.807, 2.05) is 59.3 Å². The van der Waals surface area contributed by atoms with E-state index in [0.29, 0.717) is 18.2 Å². The minimum Gasteiger partial charge on any atom is -0.494 e. The third-order valence-corrected chi connectivity index (χ3v) is 5.50. The molecule has 5 rings (SSSR count). The van der Waals surface area contributed by atoms with E-state index >= 15 is 0 Å². The quantitative estimate of drug-likeness (QED) is 0.471. The standard InChI is InChI=1S/C21H18N6OS/c1-13-24-15-7-3-4-8-16(15)27(13)21-25-19-14(6-5-9-17(19)28-2)20(26-21)23-12-18-22-10-11-29-18/h3-11H,12H2,1-2H3,(H,23,25,26). The van der Waals surface area contributed by atoms with Crippen molar-refractivity contribution < 1.29 is 4.74 Å². The second-order valence-electron chi connectivity index (χ2n) is 6.49. The van der Waals surface area contributed by atoms with Crippen molar-refractivity contribution >= 4 is 39.1 Å². The molecule has 0 radical (unpaired) electrons. The van der Waals surface area contributed by atoms with E-state index in [2.05, 4.69) is 15.3 Å². The summed E-state index contributed by atoms with van der Waals surface area (Å²) >= 11 is 1.60. The number of rotatable bonds is 5. The zero-order valence-electron chi connectivity index (χ0n) is 16.0. The smallest absolute Gasteiger partial charge is 0.238 e. The maximum atomic E-state index is 5.57. The van der Waals surface area contributed by atoms with E-state index in [1.54, 1.807) is 24.6 Å². The van der Waals surface area contributed by atoms with Gasteiger partial charge in [-0.15, -0.1) is 11.3 Å². The number of fused-ring (bicyclic) bond motifs is 2. The number of imidazole rings is 1. The van der Waals surface area contributed by atoms with Gasteiger partial charge in [-0.2, -0.15) is 4.98 Å². The molecule has 0 atom stereocenters. The normalized spacial score (nSPS) is 11.2. The number of methoxy groups -OCH3 is 1. The zero-order chi connectivity index (χ0) is 19.8. The van der Waals surface area contributed by atoms with Crippen LogP contribution in [0.3, 0.4) is 0 Å². The molecule has 8 heteroatoms. The average Bonchev–Trinajstić information content (AvgIpc) is 3.38. The lowest BCUT2D eigenvalue weighted by molar-refractivity contribution is 0.419. The first-order valence-electron chi connectivity index (χ1n) is 9.16. The average molecular weight is 402 g/mol. The number of thiazole rings is 1. The minimum absolute atomic E-state index is 0.551. The van der Waals surface area contributed by atoms with Crippen molar-refractivity contribution in [1.29, 1.82) is 0 Å². The van der Waals surface area contributed by atoms with Gasteiger partial charge in [0.25, 0.3) is 0 Å². The summed E-state index contributed by atoms with van der Waals surface area (Å²) in [5.74, 6) is 2.81. The number of nitrogens with zero attached hydrogens (tertiary/aromatic N) is 5. The van der Waals surface area contributed by atoms with Crippen LogP contribution in [-0.2, 0) is 6.54 Å². The number of aromatic nitrogens is 5. The summed E-state index contributed by atoms with van der Waals surface area (Å²) in [6, 6.07) is 13.8. The fraction of sp³-hybridized carbons (Fsp3) is 0.143. The molecule has 0 saturated carbocycles. The molecule has 3 heterocycles. The number of aryl methyl sites for hydroxylation is 1. The fourth-order valence-electron chi connectivity index (χ4n) is 3.41. The van der Waals surface area contributed by atoms with Crippen LogP contribution < -0.4 is 10.1 Å². The maximum Gasteiger partial charge on any atom is 0.238 e. The summed E-state index contributed by atoms with van der Waals surface area (Å²) in [4.78, 5) is 18.7. The van der Waals surface area contributed by atoms with Gasteiger partial charge in [0.2, 0.25) is 5.95 Å². The van der Waals surface area contributed by atoms with Gasteiger partial charge in [-0.1, -0.05) is 18.2 Å². The topological polar surface area (TPSA) is 77.8 Å². The fourth-order valence-corrected chi connectivity index (χ4v) is 3.97. The summed E-state index contributed by atoms with van der Waals surface area (Å²) in [7, 11) is 1.65. The molecule has 29 heavy (non-hydrogen) atoms. The largest absolute Gasteiger partial charge is 0.494 e. The Morgan fingerprint density at radius 2 is 1.97 bits per heavy atom. The van der Waals surface area contributed by atoms with Gasteiger partial charge in [0.1, 0.15) is 27.9 Å². The number of benzene rings is 2. The molecule has 0 fully saturated rings. The Hall–Kier alpha value is -3.52. The lowest BCUT2D eigenvalue weighted by Gasteiger charge is -2.13. The number of hydrogen-bond donors (Lipinski definition) is 1. The van der Waals surface area contributed by atoms with Crippen LogP contribution in [0.4, 0.5) is 5.82 Å². The molecule has 5 aromatic rings. The van der Waals surface area contributed by atoms with Crippen LogP contribution >= 0.6 is 11.3 Å². The number of ether oxygens (including phenoxy) is 1. The predicted octanol–water partition coefficient (Wildman–Crippen LogP) is 4.35. The molecule has 0 bridgehead atoms. The Morgan fingerprint density at radius 3 is 2.79 bits per heavy atom. The van der Waals surface area contributed by atoms with Crippen molar-refractivity contribution in [3.05, 3.63) is 64.9 Å². The third kappa shape index (κ3) is 3.07. The summed E-state index contributed by atoms with van der Waals surface area (Å²) in [5, 5.41) is 7.27. The highest BCUT2D eigenvalue weighted by Crippen LogP contribution is 2.30. The highest BCUT2D eigenvalue weighted by Gasteiger charge is 2.16. The van der Waals surface area contributed by atoms with E-state index in [0.717, 1.165) is 38.6 Å². The Labute approximate surface area is 171 Å². The number of anilines is 1. The van der Waals surface area contributed by atoms with Gasteiger partial charge in [0.15, 0.2) is 0 Å². The Morgan fingerprint density at radius 1 is 1.07 bits per heavy atom. The molecule has 1 N–H and O–H groups in total. The van der Waals surface area contributed by atoms with Gasteiger partial charge in [0, 0.05) is 17.0 Å². The highest BCUT2D eigenvalue weighted by atomic mass is 32.1. The van der Waals surface area contributed by atoms with Crippen molar-refractivity contribution in [3.8, 4) is 11.7 Å². The van der Waals surface area contributed by atoms with Gasteiger partial charge in [-0.3, -0.25) is 4.57 Å². The molecule has 0 amide bonds. The minimum atomic E-state index is 0.551. The first-order valence-corrected chi connectivity index (χ1v) is 10.0. The van der Waals surface area contributed by atoms with E-state index in [4.69, 9.17) is 14.7 Å². The van der Waals surface area contributed by atoms with Gasteiger partial charge < -0.3 is 10.1 Å². The summed E-state index contributed by atoms with van der Waals surface area (Å²) in [6.07, 6.45) is 1.80. The Bertz CT molecular complexity index is 1310. The maximum absolute atomic E-state index is 5.57. The second kappa shape index (κ2) is 7.14. The highest BCUT2D eigenvalue weighted by molar-refractivity contribution is 7.09. The summed E-state index contributed by atoms with van der Waals surface area (Å²) in [6.45, 7) is 2.54. The Kier molecular flexibility index (Phi) is 4.33. The molecule has 7 nitrogen and oxygen atoms in total. The molecule has 2 aromatic carbocycles. The summed E-state index contributed by atoms with van der Waals surface area (Å²) < 4.78 is 7.54. The molecule has 0 aliphatic carbocycles. The third-order valence-electron chi connectivity index (χ3n) is 4.72. The SMILES string of the molecule is COc1cccc2c(NCc3nccs3)nc(-n3c(C)nc4ccccc43)nc12. The van der Waals surface area contributed by atoms with Crippen molar-refractivity contribution in [3.63, 3.8) is 0 Å². The first-order chi connectivity index (χ1) is 14.2. The van der Waals surface area contributed by atoms with Crippen molar-refractivity contribution in [2.75, 3.05) is 12.4 Å². The van der Waals surface area contributed by atoms with Gasteiger partial charge in [-0.05, 0) is 31.2 Å². The summed E-state index contributed by atoms with van der Waals surface area (Å²) in [5.41, 5.74) is 2.62. The zero-order valence-corrected chi connectivity index (χ0v) is 16.8. The van der Waals surface area contributed by atoms with E-state index < -0.39 is 0 Å². The molecule has 144 valence electrons. The van der Waals surface area contributed by atoms with Crippen LogP contribution in [0, 0.1) is 6.92 Å². The second-order valence-corrected chi connectivity index (χ2v) is 7.47. The first kappa shape index (κ1) is 17.6. The molecule has 0 aliphatic heterocycles. The van der Waals surface area contributed by atoms with Crippen LogP contribution in [-0.4, -0.2) is 31.6 Å². The van der Waals surface area contributed by atoms with Crippen molar-refractivity contribution in [2.24, 2.45) is 0 Å². The van der Waals surface area contributed by atoms with Gasteiger partial charge in [0.05, 0.1) is 24.7 Å². The molecule has 0 aliphatic rings. The molecular weight excluding hydrogens is 384 g/mol. The molecular formula is C21H18N6OS. The number of nitrogens with one attached hydrogen (secondary N) is 1. The van der Waals surface area contributed by atoms with Crippen LogP contribution in [0.5, 0.6) is 5.75 Å². The van der Waals surface area contributed by atoms with Crippen LogP contribution in [0.2, 0.25) is 0 Å². The van der Waals surface area contributed by atoms with E-state index in [-0.39, 0.29) is 0 Å². The van der Waals surface area contributed by atoms with Gasteiger partial charge >= 0.3 is 0 Å². The van der Waals surface area contributed by atoms with E-state index in [9.17, 15) is 0 Å². The lowest BCUT2D eigenvalue weighted by atomic mass is 10.2. The van der Waals surface area contributed by atoms with Crippen molar-refractivity contribution in [1.82, 2.24) is 24.5 Å².